The maximum atomic E-state index is 12.5. The summed E-state index contributed by atoms with van der Waals surface area (Å²) < 4.78 is 33.8. The second-order valence-electron chi connectivity index (χ2n) is 7.19. The number of nitrogens with zero attached hydrogens (tertiary/aromatic N) is 4. The summed E-state index contributed by atoms with van der Waals surface area (Å²) in [5.74, 6) is -0.662. The number of carbonyl (C=O) groups excluding carboxylic acids is 3. The van der Waals surface area contributed by atoms with Crippen LogP contribution in [0.2, 0.25) is 0 Å². The number of hydrogen-bond acceptors (Lipinski definition) is 8. The number of fused-ring (bicyclic) bond motifs is 1. The highest BCUT2D eigenvalue weighted by molar-refractivity contribution is 7.13. The molecule has 2 amide bonds. The summed E-state index contributed by atoms with van der Waals surface area (Å²) in [6.07, 6.45) is 1.52. The number of nitrogens with one attached hydrogen (secondary N) is 3. The van der Waals surface area contributed by atoms with Gasteiger partial charge in [0.25, 0.3) is 5.91 Å². The van der Waals surface area contributed by atoms with Crippen LogP contribution in [0.1, 0.15) is 84.7 Å². The molecule has 0 bridgehead atoms. The standard InChI is InChI=1S/C14H13N5O3S.C4H4ClF3.C4H10N2.2C2H6/c1-7(14-15-4-8(5-20)23-14)18-13(22)11-9-2-3-10(21)19-12(9)17-6-16-11;1-3(2-5)4(6,7)8;1-3-6-4-5-2;2*1-2/h4-7H,2-3H2,1H3,(H,18,22)(H,16,17,19,21);1-2H2;4H,3H2,1-2H3,(H,5,6);2*1-2H3. The van der Waals surface area contributed by atoms with Crippen molar-refractivity contribution in [1.82, 2.24) is 25.6 Å². The van der Waals surface area contributed by atoms with Crippen molar-refractivity contribution in [3.05, 3.63) is 45.8 Å². The number of aldehydes is 1. The Hall–Kier alpha value is -3.39. The molecule has 230 valence electrons. The number of halogens is 4. The first-order chi connectivity index (χ1) is 19.5. The number of allylic oxidation sites excluding steroid dienone is 1. The third-order valence-electron chi connectivity index (χ3n) is 4.38. The van der Waals surface area contributed by atoms with Crippen LogP contribution in [0.3, 0.4) is 0 Å². The van der Waals surface area contributed by atoms with Gasteiger partial charge in [-0.15, -0.1) is 22.9 Å². The minimum Gasteiger partial charge on any atom is -0.377 e. The third-order valence-corrected chi connectivity index (χ3v) is 5.81. The summed E-state index contributed by atoms with van der Waals surface area (Å²) in [5, 5.41) is 8.98. The Bertz CT molecular complexity index is 1110. The number of amides is 2. The number of anilines is 1. The zero-order valence-corrected chi connectivity index (χ0v) is 25.9. The van der Waals surface area contributed by atoms with Crippen molar-refractivity contribution >= 4 is 53.2 Å². The minimum atomic E-state index is -4.32. The van der Waals surface area contributed by atoms with Crippen molar-refractivity contribution in [2.45, 2.75) is 66.6 Å². The lowest BCUT2D eigenvalue weighted by molar-refractivity contribution is -0.116. The molecule has 1 unspecified atom stereocenters. The van der Waals surface area contributed by atoms with Crippen molar-refractivity contribution in [1.29, 1.82) is 0 Å². The van der Waals surface area contributed by atoms with Gasteiger partial charge in [0.2, 0.25) is 5.91 Å². The van der Waals surface area contributed by atoms with Gasteiger partial charge < -0.3 is 16.0 Å². The number of rotatable bonds is 7. The Morgan fingerprint density at radius 3 is 2.32 bits per heavy atom. The minimum absolute atomic E-state index is 0.125. The lowest BCUT2D eigenvalue weighted by Crippen LogP contribution is -2.30. The quantitative estimate of drug-likeness (QED) is 0.117. The Morgan fingerprint density at radius 2 is 1.88 bits per heavy atom. The molecule has 3 N–H and O–H groups in total. The fraction of sp³-hybridized carbons (Fsp3) is 0.500. The topological polar surface area (TPSA) is 138 Å². The van der Waals surface area contributed by atoms with Gasteiger partial charge >= 0.3 is 6.18 Å². The van der Waals surface area contributed by atoms with E-state index in [0.29, 0.717) is 34.1 Å². The maximum Gasteiger partial charge on any atom is 0.413 e. The summed E-state index contributed by atoms with van der Waals surface area (Å²) in [6, 6.07) is -0.356. The first-order valence-corrected chi connectivity index (χ1v) is 14.1. The van der Waals surface area contributed by atoms with Gasteiger partial charge in [-0.05, 0) is 20.3 Å². The van der Waals surface area contributed by atoms with Gasteiger partial charge in [0, 0.05) is 37.3 Å². The molecule has 3 heterocycles. The smallest absolute Gasteiger partial charge is 0.377 e. The molecule has 0 saturated heterocycles. The highest BCUT2D eigenvalue weighted by Gasteiger charge is 2.30. The zero-order valence-electron chi connectivity index (χ0n) is 24.4. The van der Waals surface area contributed by atoms with E-state index in [2.05, 4.69) is 42.5 Å². The van der Waals surface area contributed by atoms with Crippen LogP contribution in [0, 0.1) is 0 Å². The van der Waals surface area contributed by atoms with Crippen LogP contribution in [-0.4, -0.2) is 65.0 Å². The Labute approximate surface area is 248 Å². The van der Waals surface area contributed by atoms with E-state index in [1.165, 1.54) is 23.9 Å². The van der Waals surface area contributed by atoms with Crippen LogP contribution in [0.15, 0.2) is 29.7 Å². The second kappa shape index (κ2) is 22.3. The number of aromatic nitrogens is 3. The van der Waals surface area contributed by atoms with Crippen molar-refractivity contribution in [3.8, 4) is 0 Å². The summed E-state index contributed by atoms with van der Waals surface area (Å²) >= 11 is 6.04. The molecule has 0 spiro atoms. The Balaban J connectivity index is 0. The highest BCUT2D eigenvalue weighted by Crippen LogP contribution is 2.25. The molecule has 2 aromatic heterocycles. The van der Waals surface area contributed by atoms with E-state index in [1.807, 2.05) is 34.6 Å². The van der Waals surface area contributed by atoms with Crippen LogP contribution < -0.4 is 16.0 Å². The van der Waals surface area contributed by atoms with Crippen molar-refractivity contribution in [2.75, 3.05) is 24.8 Å². The van der Waals surface area contributed by atoms with Gasteiger partial charge in [-0.1, -0.05) is 34.3 Å². The van der Waals surface area contributed by atoms with Gasteiger partial charge in [-0.3, -0.25) is 19.4 Å². The van der Waals surface area contributed by atoms with Crippen LogP contribution in [0.4, 0.5) is 19.0 Å². The molecule has 0 radical (unpaired) electrons. The molecule has 0 aromatic carbocycles. The normalized spacial score (nSPS) is 12.1. The van der Waals surface area contributed by atoms with Crippen molar-refractivity contribution < 1.29 is 27.6 Å². The largest absolute Gasteiger partial charge is 0.413 e. The first kappa shape index (κ1) is 39.8. The molecule has 0 aliphatic carbocycles. The predicted octanol–water partition coefficient (Wildman–Crippen LogP) is 5.77. The van der Waals surface area contributed by atoms with Gasteiger partial charge in [0.1, 0.15) is 22.8 Å². The monoisotopic (exact) mass is 621 g/mol. The predicted molar refractivity (Wildman–Crippen MR) is 159 cm³/mol. The molecule has 2 aromatic rings. The van der Waals surface area contributed by atoms with E-state index in [0.717, 1.165) is 12.8 Å². The molecule has 1 aliphatic heterocycles. The third kappa shape index (κ3) is 15.3. The van der Waals surface area contributed by atoms with Crippen LogP contribution in [0.5, 0.6) is 0 Å². The fourth-order valence-corrected chi connectivity index (χ4v) is 3.41. The van der Waals surface area contributed by atoms with E-state index >= 15 is 0 Å². The summed E-state index contributed by atoms with van der Waals surface area (Å²) in [5.41, 5.74) is -0.0299. The average molecular weight is 622 g/mol. The SMILES string of the molecule is C=C(CCl)C(F)(F)F.CC.CC.CC(NC(=O)c1ncnc2c1CCC(=O)N2)c1ncc(C=O)s1.CCNC=NC. The molecular weight excluding hydrogens is 583 g/mol. The highest BCUT2D eigenvalue weighted by atomic mass is 35.5. The molecule has 10 nitrogen and oxygen atoms in total. The van der Waals surface area contributed by atoms with Gasteiger partial charge in [-0.25, -0.2) is 15.0 Å². The fourth-order valence-electron chi connectivity index (χ4n) is 2.53. The van der Waals surface area contributed by atoms with Crippen molar-refractivity contribution in [3.63, 3.8) is 0 Å². The zero-order chi connectivity index (χ0) is 32.0. The molecule has 0 saturated carbocycles. The van der Waals surface area contributed by atoms with Crippen LogP contribution >= 0.6 is 22.9 Å². The van der Waals surface area contributed by atoms with Crippen LogP contribution in [0.25, 0.3) is 0 Å². The Kier molecular flexibility index (Phi) is 21.6. The van der Waals surface area contributed by atoms with E-state index in [1.54, 1.807) is 20.3 Å². The van der Waals surface area contributed by atoms with E-state index in [-0.39, 0.29) is 23.6 Å². The summed E-state index contributed by atoms with van der Waals surface area (Å²) in [4.78, 5) is 50.9. The Morgan fingerprint density at radius 1 is 1.24 bits per heavy atom. The molecule has 15 heteroatoms. The molecule has 0 fully saturated rings. The van der Waals surface area contributed by atoms with E-state index < -0.39 is 17.6 Å². The number of hydrogen-bond donors (Lipinski definition) is 3. The first-order valence-electron chi connectivity index (χ1n) is 12.8. The van der Waals surface area contributed by atoms with Crippen LogP contribution in [-0.2, 0) is 11.2 Å². The molecule has 3 rings (SSSR count). The average Bonchev–Trinajstić information content (AvgIpc) is 3.47. The second-order valence-corrected chi connectivity index (χ2v) is 8.55. The number of thiazole rings is 1. The number of carbonyl (C=O) groups is 3. The molecular formula is C26H39ClF3N7O3S. The summed E-state index contributed by atoms with van der Waals surface area (Å²) in [6.45, 7) is 15.5. The van der Waals surface area contributed by atoms with Gasteiger partial charge in [0.15, 0.2) is 6.29 Å². The molecule has 1 atom stereocenters. The maximum absolute atomic E-state index is 12.5. The van der Waals surface area contributed by atoms with Gasteiger partial charge in [-0.2, -0.15) is 13.2 Å². The molecule has 1 aliphatic rings. The van der Waals surface area contributed by atoms with E-state index in [4.69, 9.17) is 11.6 Å². The lowest BCUT2D eigenvalue weighted by atomic mass is 10.0. The number of alkyl halides is 4. The number of aliphatic imine (C=N–C) groups is 1. The molecule has 41 heavy (non-hydrogen) atoms. The van der Waals surface area contributed by atoms with Crippen molar-refractivity contribution in [2.24, 2.45) is 4.99 Å². The van der Waals surface area contributed by atoms with E-state index in [9.17, 15) is 27.6 Å². The van der Waals surface area contributed by atoms with Gasteiger partial charge in [0.05, 0.1) is 23.1 Å². The summed E-state index contributed by atoms with van der Waals surface area (Å²) in [7, 11) is 1.74. The lowest BCUT2D eigenvalue weighted by Gasteiger charge is -2.18.